The van der Waals surface area contributed by atoms with Gasteiger partial charge in [-0.2, -0.15) is 0 Å². The molecule has 1 atom stereocenters. The number of nitrogens with one attached hydrogen (secondary N) is 2. The maximum Gasteiger partial charge on any atom is 0.292 e. The Morgan fingerprint density at radius 2 is 2.05 bits per heavy atom. The number of hydrogen-bond donors (Lipinski definition) is 2. The molecule has 0 radical (unpaired) electrons. The molecule has 2 N–H and O–H groups in total. The molecule has 1 saturated carbocycles. The molecule has 0 spiro atoms. The van der Waals surface area contributed by atoms with Gasteiger partial charge in [-0.3, -0.25) is 14.9 Å². The van der Waals surface area contributed by atoms with E-state index >= 15 is 0 Å². The average Bonchev–Trinajstić information content (AvgIpc) is 3.00. The lowest BCUT2D eigenvalue weighted by Gasteiger charge is -2.21. The van der Waals surface area contributed by atoms with Crippen molar-refractivity contribution in [2.75, 3.05) is 12.4 Å². The van der Waals surface area contributed by atoms with Crippen LogP contribution in [0.25, 0.3) is 0 Å². The largest absolute Gasteiger partial charge is 0.377 e. The van der Waals surface area contributed by atoms with E-state index in [4.69, 9.17) is 0 Å². The van der Waals surface area contributed by atoms with Crippen LogP contribution in [-0.4, -0.2) is 23.9 Å². The van der Waals surface area contributed by atoms with Crippen LogP contribution in [0.15, 0.2) is 18.2 Å². The summed E-state index contributed by atoms with van der Waals surface area (Å²) in [4.78, 5) is 22.4. The molecule has 0 aromatic heterocycles. The van der Waals surface area contributed by atoms with Crippen LogP contribution in [0.5, 0.6) is 0 Å². The number of carbonyl (C=O) groups excluding carboxylic acids is 1. The van der Waals surface area contributed by atoms with Crippen molar-refractivity contribution in [2.24, 2.45) is 5.92 Å². The molecule has 6 heteroatoms. The smallest absolute Gasteiger partial charge is 0.292 e. The van der Waals surface area contributed by atoms with Crippen LogP contribution in [0.1, 0.15) is 43.0 Å². The molecule has 6 nitrogen and oxygen atoms in total. The molecular weight excluding hydrogens is 270 g/mol. The number of benzene rings is 1. The van der Waals surface area contributed by atoms with Gasteiger partial charge in [0.05, 0.1) is 4.92 Å². The monoisotopic (exact) mass is 291 g/mol. The average molecular weight is 291 g/mol. The van der Waals surface area contributed by atoms with E-state index in [-0.39, 0.29) is 17.6 Å². The highest BCUT2D eigenvalue weighted by molar-refractivity contribution is 5.95. The summed E-state index contributed by atoms with van der Waals surface area (Å²) in [6.07, 6.45) is 4.74. The normalized spacial score (nSPS) is 16.5. The van der Waals surface area contributed by atoms with Crippen LogP contribution >= 0.6 is 0 Å². The summed E-state index contributed by atoms with van der Waals surface area (Å²) in [5.41, 5.74) is 0.845. The van der Waals surface area contributed by atoms with E-state index in [9.17, 15) is 14.9 Å². The van der Waals surface area contributed by atoms with E-state index in [0.717, 1.165) is 12.8 Å². The van der Waals surface area contributed by atoms with E-state index < -0.39 is 4.92 Å². The fraction of sp³-hybridized carbons (Fsp3) is 0.533. The van der Waals surface area contributed by atoms with Gasteiger partial charge < -0.3 is 10.6 Å². The second kappa shape index (κ2) is 6.56. The Hall–Kier alpha value is -2.11. The van der Waals surface area contributed by atoms with Crippen molar-refractivity contribution < 1.29 is 9.72 Å². The molecule has 21 heavy (non-hydrogen) atoms. The molecule has 1 aliphatic rings. The topological polar surface area (TPSA) is 84.3 Å². The highest BCUT2D eigenvalue weighted by Gasteiger charge is 2.24. The second-order valence-electron chi connectivity index (χ2n) is 5.55. The van der Waals surface area contributed by atoms with Gasteiger partial charge in [0.15, 0.2) is 0 Å². The van der Waals surface area contributed by atoms with Gasteiger partial charge >= 0.3 is 0 Å². The van der Waals surface area contributed by atoms with Gasteiger partial charge in [0, 0.05) is 24.7 Å². The zero-order valence-electron chi connectivity index (χ0n) is 12.4. The van der Waals surface area contributed by atoms with Crippen molar-refractivity contribution in [1.29, 1.82) is 0 Å². The van der Waals surface area contributed by atoms with Crippen LogP contribution in [0.2, 0.25) is 0 Å². The van der Waals surface area contributed by atoms with E-state index in [1.165, 1.54) is 32.0 Å². The van der Waals surface area contributed by atoms with E-state index in [0.29, 0.717) is 17.2 Å². The van der Waals surface area contributed by atoms with E-state index in [1.807, 2.05) is 6.92 Å². The van der Waals surface area contributed by atoms with Crippen molar-refractivity contribution in [1.82, 2.24) is 5.32 Å². The number of nitro benzene ring substituents is 1. The maximum absolute atomic E-state index is 11.7. The molecule has 2 rings (SSSR count). The van der Waals surface area contributed by atoms with Gasteiger partial charge in [-0.1, -0.05) is 12.8 Å². The quantitative estimate of drug-likeness (QED) is 0.645. The van der Waals surface area contributed by atoms with Gasteiger partial charge in [0.25, 0.3) is 11.6 Å². The lowest BCUT2D eigenvalue weighted by Crippen LogP contribution is -2.25. The van der Waals surface area contributed by atoms with E-state index in [1.54, 1.807) is 6.07 Å². The Bertz CT molecular complexity index is 539. The Balaban J connectivity index is 2.25. The van der Waals surface area contributed by atoms with Crippen LogP contribution in [-0.2, 0) is 0 Å². The summed E-state index contributed by atoms with van der Waals surface area (Å²) in [7, 11) is 1.54. The summed E-state index contributed by atoms with van der Waals surface area (Å²) in [5.74, 6) is 0.287. The molecular formula is C15H21N3O3. The third-order valence-corrected chi connectivity index (χ3v) is 4.17. The fourth-order valence-corrected chi connectivity index (χ4v) is 2.92. The minimum absolute atomic E-state index is 0.00694. The highest BCUT2D eigenvalue weighted by Crippen LogP contribution is 2.32. The van der Waals surface area contributed by atoms with Gasteiger partial charge in [-0.05, 0) is 37.8 Å². The predicted molar refractivity (Wildman–Crippen MR) is 81.5 cm³/mol. The van der Waals surface area contributed by atoms with Gasteiger partial charge in [-0.25, -0.2) is 0 Å². The van der Waals surface area contributed by atoms with Crippen molar-refractivity contribution >= 4 is 17.3 Å². The molecule has 0 bridgehead atoms. The number of nitrogens with zero attached hydrogens (tertiary/aromatic N) is 1. The molecule has 1 aromatic rings. The molecule has 1 aromatic carbocycles. The third kappa shape index (κ3) is 3.51. The molecule has 0 aliphatic heterocycles. The highest BCUT2D eigenvalue weighted by atomic mass is 16.6. The van der Waals surface area contributed by atoms with Gasteiger partial charge in [0.1, 0.15) is 5.69 Å². The number of anilines is 1. The van der Waals surface area contributed by atoms with Crippen LogP contribution in [0.4, 0.5) is 11.4 Å². The van der Waals surface area contributed by atoms with E-state index in [2.05, 4.69) is 10.6 Å². The fourth-order valence-electron chi connectivity index (χ4n) is 2.92. The summed E-state index contributed by atoms with van der Waals surface area (Å²) in [6.45, 7) is 2.05. The first-order chi connectivity index (χ1) is 10.0. The third-order valence-electron chi connectivity index (χ3n) is 4.17. The molecule has 0 heterocycles. The molecule has 1 unspecified atom stereocenters. The summed E-state index contributed by atoms with van der Waals surface area (Å²) in [6, 6.07) is 4.57. The standard InChI is InChI=1S/C15H21N3O3/c1-10(11-5-3-4-6-11)17-13-9-12(15(19)16-2)7-8-14(13)18(20)21/h7-11,17H,3-6H2,1-2H3,(H,16,19). The first kappa shape index (κ1) is 15.3. The summed E-state index contributed by atoms with van der Waals surface area (Å²) < 4.78 is 0. The zero-order chi connectivity index (χ0) is 15.4. The maximum atomic E-state index is 11.7. The number of hydrogen-bond acceptors (Lipinski definition) is 4. The minimum Gasteiger partial charge on any atom is -0.377 e. The Labute approximate surface area is 124 Å². The number of nitro groups is 1. The lowest BCUT2D eigenvalue weighted by molar-refractivity contribution is -0.384. The molecule has 0 saturated heterocycles. The van der Waals surface area contributed by atoms with Crippen molar-refractivity contribution in [2.45, 2.75) is 38.6 Å². The second-order valence-corrected chi connectivity index (χ2v) is 5.55. The molecule has 1 amide bonds. The van der Waals surface area contributed by atoms with Crippen LogP contribution in [0.3, 0.4) is 0 Å². The lowest BCUT2D eigenvalue weighted by atomic mass is 9.99. The molecule has 1 fully saturated rings. The minimum atomic E-state index is -0.419. The zero-order valence-corrected chi connectivity index (χ0v) is 12.4. The Morgan fingerprint density at radius 3 is 2.62 bits per heavy atom. The van der Waals surface area contributed by atoms with Gasteiger partial charge in [-0.15, -0.1) is 0 Å². The first-order valence-electron chi connectivity index (χ1n) is 7.30. The number of amides is 1. The SMILES string of the molecule is CNC(=O)c1ccc([N+](=O)[O-])c(NC(C)C2CCCC2)c1. The van der Waals surface area contributed by atoms with Crippen LogP contribution < -0.4 is 10.6 Å². The first-order valence-corrected chi connectivity index (χ1v) is 7.30. The number of carbonyl (C=O) groups is 1. The van der Waals surface area contributed by atoms with Crippen molar-refractivity contribution in [3.63, 3.8) is 0 Å². The molecule has 114 valence electrons. The Morgan fingerprint density at radius 1 is 1.38 bits per heavy atom. The predicted octanol–water partition coefficient (Wildman–Crippen LogP) is 2.95. The summed E-state index contributed by atoms with van der Waals surface area (Å²) >= 11 is 0. The van der Waals surface area contributed by atoms with Crippen molar-refractivity contribution in [3.05, 3.63) is 33.9 Å². The van der Waals surface area contributed by atoms with Gasteiger partial charge in [0.2, 0.25) is 0 Å². The summed E-state index contributed by atoms with van der Waals surface area (Å²) in [5, 5.41) is 16.9. The molecule has 1 aliphatic carbocycles. The Kier molecular flexibility index (Phi) is 4.77. The number of rotatable bonds is 5. The van der Waals surface area contributed by atoms with Crippen molar-refractivity contribution in [3.8, 4) is 0 Å². The van der Waals surface area contributed by atoms with Crippen LogP contribution in [0, 0.1) is 16.0 Å².